The largest absolute Gasteiger partial charge is 0.504 e. The molecule has 1 aromatic rings. The van der Waals surface area contributed by atoms with Gasteiger partial charge in [0.2, 0.25) is 0 Å². The van der Waals surface area contributed by atoms with Crippen molar-refractivity contribution in [3.05, 3.63) is 35.9 Å². The number of benzene rings is 1. The standard InChI is InChI=1S/C21H31NO3/c1-6-12-22-13-11-20(5)18-14(2)7-8-17(23)19(18)25-15(3)9-10-21(20,24)16(22)4/h6-8,15-16,23-24H,1,9-13H2,2-5H3. The van der Waals surface area contributed by atoms with Gasteiger partial charge < -0.3 is 14.9 Å². The van der Waals surface area contributed by atoms with Crippen LogP contribution in [0.1, 0.15) is 51.2 Å². The van der Waals surface area contributed by atoms with E-state index < -0.39 is 11.0 Å². The highest BCUT2D eigenvalue weighted by molar-refractivity contribution is 5.55. The lowest BCUT2D eigenvalue weighted by Gasteiger charge is -2.58. The van der Waals surface area contributed by atoms with Gasteiger partial charge in [0.1, 0.15) is 0 Å². The predicted molar refractivity (Wildman–Crippen MR) is 100 cm³/mol. The maximum Gasteiger partial charge on any atom is 0.165 e. The summed E-state index contributed by atoms with van der Waals surface area (Å²) >= 11 is 0. The molecular weight excluding hydrogens is 314 g/mol. The molecule has 1 fully saturated rings. The average molecular weight is 345 g/mol. The van der Waals surface area contributed by atoms with Crippen molar-refractivity contribution in [2.45, 2.75) is 70.1 Å². The number of likely N-dealkylation sites (tertiary alicyclic amines) is 1. The topological polar surface area (TPSA) is 52.9 Å². The number of aryl methyl sites for hydroxylation is 1. The molecule has 138 valence electrons. The summed E-state index contributed by atoms with van der Waals surface area (Å²) in [6.07, 6.45) is 4.10. The normalized spacial score (nSPS) is 35.7. The Morgan fingerprint density at radius 2 is 2.08 bits per heavy atom. The van der Waals surface area contributed by atoms with Crippen LogP contribution in [-0.4, -0.2) is 45.9 Å². The molecule has 0 saturated carbocycles. The Kier molecular flexibility index (Phi) is 4.63. The van der Waals surface area contributed by atoms with E-state index in [9.17, 15) is 10.2 Å². The number of nitrogens with zero attached hydrogens (tertiary/aromatic N) is 1. The van der Waals surface area contributed by atoms with Gasteiger partial charge in [-0.05, 0) is 58.2 Å². The number of fused-ring (bicyclic) bond motifs is 3. The van der Waals surface area contributed by atoms with Crippen LogP contribution in [0.3, 0.4) is 0 Å². The summed E-state index contributed by atoms with van der Waals surface area (Å²) in [7, 11) is 0. The molecule has 0 bridgehead atoms. The van der Waals surface area contributed by atoms with Crippen molar-refractivity contribution < 1.29 is 14.9 Å². The minimum absolute atomic E-state index is 0.00384. The Morgan fingerprint density at radius 3 is 2.76 bits per heavy atom. The fourth-order valence-electron chi connectivity index (χ4n) is 4.94. The average Bonchev–Trinajstić information content (AvgIpc) is 2.56. The lowest BCUT2D eigenvalue weighted by atomic mass is 9.58. The Morgan fingerprint density at radius 1 is 1.36 bits per heavy atom. The summed E-state index contributed by atoms with van der Waals surface area (Å²) < 4.78 is 6.13. The monoisotopic (exact) mass is 345 g/mol. The molecular formula is C21H31NO3. The minimum Gasteiger partial charge on any atom is -0.504 e. The summed E-state index contributed by atoms with van der Waals surface area (Å²) in [4.78, 5) is 2.31. The Hall–Kier alpha value is -1.52. The summed E-state index contributed by atoms with van der Waals surface area (Å²) in [5, 5.41) is 22.5. The molecule has 0 radical (unpaired) electrons. The van der Waals surface area contributed by atoms with Crippen LogP contribution in [0.4, 0.5) is 0 Å². The van der Waals surface area contributed by atoms with E-state index >= 15 is 0 Å². The second-order valence-corrected chi connectivity index (χ2v) is 8.04. The molecule has 0 aromatic heterocycles. The third-order valence-corrected chi connectivity index (χ3v) is 6.61. The highest BCUT2D eigenvalue weighted by Crippen LogP contribution is 2.54. The van der Waals surface area contributed by atoms with Crippen molar-refractivity contribution in [1.29, 1.82) is 0 Å². The van der Waals surface area contributed by atoms with Crippen molar-refractivity contribution in [2.24, 2.45) is 0 Å². The van der Waals surface area contributed by atoms with E-state index in [1.54, 1.807) is 6.07 Å². The zero-order chi connectivity index (χ0) is 18.4. The van der Waals surface area contributed by atoms with Gasteiger partial charge in [-0.15, -0.1) is 6.58 Å². The first-order valence-electron chi connectivity index (χ1n) is 9.31. The molecule has 1 saturated heterocycles. The zero-order valence-corrected chi connectivity index (χ0v) is 15.9. The number of phenols is 1. The van der Waals surface area contributed by atoms with Crippen molar-refractivity contribution >= 4 is 0 Å². The van der Waals surface area contributed by atoms with E-state index in [1.807, 2.05) is 26.0 Å². The smallest absolute Gasteiger partial charge is 0.165 e. The molecule has 0 aliphatic carbocycles. The van der Waals surface area contributed by atoms with Gasteiger partial charge in [-0.25, -0.2) is 0 Å². The molecule has 2 aliphatic rings. The van der Waals surface area contributed by atoms with Crippen molar-refractivity contribution in [3.8, 4) is 11.5 Å². The molecule has 2 heterocycles. The quantitative estimate of drug-likeness (QED) is 0.805. The van der Waals surface area contributed by atoms with E-state index in [-0.39, 0.29) is 17.9 Å². The third kappa shape index (κ3) is 2.67. The van der Waals surface area contributed by atoms with Crippen LogP contribution in [0.2, 0.25) is 0 Å². The van der Waals surface area contributed by atoms with E-state index in [2.05, 4.69) is 25.3 Å². The first-order chi connectivity index (χ1) is 11.7. The van der Waals surface area contributed by atoms with Gasteiger partial charge in [0, 0.05) is 23.6 Å². The molecule has 25 heavy (non-hydrogen) atoms. The van der Waals surface area contributed by atoms with Gasteiger partial charge >= 0.3 is 0 Å². The number of aliphatic hydroxyl groups is 1. The second-order valence-electron chi connectivity index (χ2n) is 8.04. The molecule has 4 atom stereocenters. The van der Waals surface area contributed by atoms with Gasteiger partial charge in [0.15, 0.2) is 11.5 Å². The molecule has 0 spiro atoms. The Balaban J connectivity index is 2.21. The fraction of sp³-hybridized carbons (Fsp3) is 0.619. The predicted octanol–water partition coefficient (Wildman–Crippen LogP) is 3.53. The Bertz CT molecular complexity index is 673. The van der Waals surface area contributed by atoms with E-state index in [4.69, 9.17) is 4.74 Å². The second kappa shape index (κ2) is 6.33. The number of piperidine rings is 1. The number of ether oxygens (including phenoxy) is 1. The maximum atomic E-state index is 12.0. The maximum absolute atomic E-state index is 12.0. The molecule has 4 unspecified atom stereocenters. The van der Waals surface area contributed by atoms with Crippen molar-refractivity contribution in [1.82, 2.24) is 4.90 Å². The number of hydrogen-bond donors (Lipinski definition) is 2. The van der Waals surface area contributed by atoms with Crippen LogP contribution < -0.4 is 4.74 Å². The summed E-state index contributed by atoms with van der Waals surface area (Å²) in [6, 6.07) is 3.63. The summed E-state index contributed by atoms with van der Waals surface area (Å²) in [5.41, 5.74) is 0.668. The molecule has 3 rings (SSSR count). The SMILES string of the molecule is C=CCN1CCC2(C)c3c(C)ccc(O)c3OC(C)CCC2(O)C1C. The van der Waals surface area contributed by atoms with E-state index in [1.165, 1.54) is 0 Å². The highest BCUT2D eigenvalue weighted by Gasteiger charge is 2.57. The van der Waals surface area contributed by atoms with Crippen LogP contribution in [0.25, 0.3) is 0 Å². The van der Waals surface area contributed by atoms with Crippen LogP contribution in [0.5, 0.6) is 11.5 Å². The molecule has 4 nitrogen and oxygen atoms in total. The molecule has 4 heteroatoms. The Labute approximate surface area is 151 Å². The first kappa shape index (κ1) is 18.3. The van der Waals surface area contributed by atoms with Gasteiger partial charge in [0.05, 0.1) is 11.7 Å². The van der Waals surface area contributed by atoms with Crippen molar-refractivity contribution in [2.75, 3.05) is 13.1 Å². The minimum atomic E-state index is -0.889. The molecule has 2 N–H and O–H groups in total. The lowest BCUT2D eigenvalue weighted by Crippen LogP contribution is -2.67. The van der Waals surface area contributed by atoms with Gasteiger partial charge in [0.25, 0.3) is 0 Å². The number of aromatic hydroxyl groups is 1. The molecule has 2 aliphatic heterocycles. The van der Waals surface area contributed by atoms with Crippen LogP contribution >= 0.6 is 0 Å². The van der Waals surface area contributed by atoms with Gasteiger partial charge in [-0.3, -0.25) is 4.90 Å². The van der Waals surface area contributed by atoms with Crippen molar-refractivity contribution in [3.63, 3.8) is 0 Å². The summed E-state index contributed by atoms with van der Waals surface area (Å²) in [6.45, 7) is 13.8. The molecule has 0 amide bonds. The lowest BCUT2D eigenvalue weighted by molar-refractivity contribution is -0.137. The van der Waals surface area contributed by atoms with E-state index in [0.29, 0.717) is 12.2 Å². The third-order valence-electron chi connectivity index (χ3n) is 6.61. The number of rotatable bonds is 2. The van der Waals surface area contributed by atoms with Crippen LogP contribution in [-0.2, 0) is 5.41 Å². The number of phenolic OH excluding ortho intramolecular Hbond substituents is 1. The highest BCUT2D eigenvalue weighted by atomic mass is 16.5. The van der Waals surface area contributed by atoms with Gasteiger partial charge in [-0.2, -0.15) is 0 Å². The number of hydrogen-bond acceptors (Lipinski definition) is 4. The van der Waals surface area contributed by atoms with Crippen LogP contribution in [0, 0.1) is 6.92 Å². The molecule has 1 aromatic carbocycles. The van der Waals surface area contributed by atoms with Crippen LogP contribution in [0.15, 0.2) is 24.8 Å². The van der Waals surface area contributed by atoms with E-state index in [0.717, 1.165) is 37.1 Å². The fourth-order valence-corrected chi connectivity index (χ4v) is 4.94. The summed E-state index contributed by atoms with van der Waals surface area (Å²) in [5.74, 6) is 0.719. The first-order valence-corrected chi connectivity index (χ1v) is 9.31. The zero-order valence-electron chi connectivity index (χ0n) is 15.9. The van der Waals surface area contributed by atoms with Gasteiger partial charge in [-0.1, -0.05) is 19.1 Å².